The zero-order valence-corrected chi connectivity index (χ0v) is 20.2. The lowest BCUT2D eigenvalue weighted by Crippen LogP contribution is -2.28. The van der Waals surface area contributed by atoms with Crippen LogP contribution in [-0.4, -0.2) is 20.4 Å². The molecule has 0 aliphatic heterocycles. The molecule has 4 aromatic rings. The van der Waals surface area contributed by atoms with Gasteiger partial charge in [0.1, 0.15) is 0 Å². The predicted molar refractivity (Wildman–Crippen MR) is 135 cm³/mol. The maximum atomic E-state index is 13.5. The lowest BCUT2D eigenvalue weighted by atomic mass is 9.98. The van der Waals surface area contributed by atoms with E-state index >= 15 is 0 Å². The number of fused-ring (bicyclic) bond motifs is 1. The highest BCUT2D eigenvalue weighted by Crippen LogP contribution is 2.32. The van der Waals surface area contributed by atoms with Gasteiger partial charge >= 0.3 is 0 Å². The monoisotopic (exact) mass is 458 g/mol. The van der Waals surface area contributed by atoms with E-state index in [2.05, 4.69) is 39.9 Å². The first kappa shape index (κ1) is 23.3. The molecule has 4 rings (SSSR count). The van der Waals surface area contributed by atoms with Gasteiger partial charge in [-0.1, -0.05) is 6.92 Å². The van der Waals surface area contributed by atoms with E-state index in [-0.39, 0.29) is 29.6 Å². The lowest BCUT2D eigenvalue weighted by Gasteiger charge is -2.14. The number of pyridine rings is 2. The summed E-state index contributed by atoms with van der Waals surface area (Å²) in [6, 6.07) is 9.27. The summed E-state index contributed by atoms with van der Waals surface area (Å²) in [6.45, 7) is 10.2. The second-order valence-corrected chi connectivity index (χ2v) is 8.99. The molecule has 7 heteroatoms. The number of carbonyl (C=O) groups excluding carboxylic acids is 1. The van der Waals surface area contributed by atoms with Gasteiger partial charge in [-0.05, 0) is 80.6 Å². The Hall–Kier alpha value is -3.87. The van der Waals surface area contributed by atoms with Gasteiger partial charge in [-0.2, -0.15) is 0 Å². The summed E-state index contributed by atoms with van der Waals surface area (Å²) in [5.41, 5.74) is 6.08. The van der Waals surface area contributed by atoms with Crippen LogP contribution in [0.5, 0.6) is 0 Å². The van der Waals surface area contributed by atoms with Crippen LogP contribution >= 0.6 is 0 Å². The Bertz CT molecular complexity index is 1480. The van der Waals surface area contributed by atoms with Gasteiger partial charge in [-0.15, -0.1) is 0 Å². The van der Waals surface area contributed by atoms with Crippen LogP contribution in [0.15, 0.2) is 52.3 Å². The van der Waals surface area contributed by atoms with E-state index in [1.54, 1.807) is 12.3 Å². The van der Waals surface area contributed by atoms with E-state index in [1.807, 2.05) is 39.0 Å². The minimum atomic E-state index is -0.247. The van der Waals surface area contributed by atoms with Gasteiger partial charge in [-0.3, -0.25) is 14.4 Å². The fourth-order valence-corrected chi connectivity index (χ4v) is 4.51. The van der Waals surface area contributed by atoms with Crippen molar-refractivity contribution < 1.29 is 4.79 Å². The first-order chi connectivity index (χ1) is 16.2. The Morgan fingerprint density at radius 1 is 1.09 bits per heavy atom. The van der Waals surface area contributed by atoms with Gasteiger partial charge in [0.05, 0.1) is 0 Å². The van der Waals surface area contributed by atoms with Crippen molar-refractivity contribution in [3.05, 3.63) is 91.4 Å². The summed E-state index contributed by atoms with van der Waals surface area (Å²) >= 11 is 0. The average Bonchev–Trinajstić information content (AvgIpc) is 3.14. The second kappa shape index (κ2) is 9.17. The summed E-state index contributed by atoms with van der Waals surface area (Å²) in [5, 5.41) is 3.85. The van der Waals surface area contributed by atoms with Crippen molar-refractivity contribution in [2.45, 2.75) is 53.6 Å². The molecule has 1 aromatic carbocycles. The molecule has 176 valence electrons. The maximum absolute atomic E-state index is 13.5. The summed E-state index contributed by atoms with van der Waals surface area (Å²) in [6.07, 6.45) is 4.42. The van der Waals surface area contributed by atoms with Crippen molar-refractivity contribution >= 4 is 16.8 Å². The number of nitrogens with one attached hydrogen (secondary N) is 3. The Balaban J connectivity index is 1.81. The van der Waals surface area contributed by atoms with Gasteiger partial charge < -0.3 is 19.9 Å². The molecule has 3 N–H and O–H groups in total. The summed E-state index contributed by atoms with van der Waals surface area (Å²) in [5.74, 6) is -0.247. The van der Waals surface area contributed by atoms with Crippen molar-refractivity contribution in [2.24, 2.45) is 0 Å². The largest absolute Gasteiger partial charge is 0.348 e. The number of aromatic nitrogens is 3. The van der Waals surface area contributed by atoms with Crippen molar-refractivity contribution in [3.63, 3.8) is 0 Å². The average molecular weight is 459 g/mol. The second-order valence-electron chi connectivity index (χ2n) is 8.99. The number of aryl methyl sites for hydroxylation is 3. The first-order valence-electron chi connectivity index (χ1n) is 11.5. The summed E-state index contributed by atoms with van der Waals surface area (Å²) in [4.78, 5) is 43.1. The number of hydrogen-bond acceptors (Lipinski definition) is 3. The molecule has 0 aliphatic rings. The number of H-pyrrole nitrogens is 2. The van der Waals surface area contributed by atoms with E-state index in [9.17, 15) is 14.4 Å². The van der Waals surface area contributed by atoms with E-state index in [1.165, 1.54) is 6.07 Å². The van der Waals surface area contributed by atoms with E-state index in [4.69, 9.17) is 0 Å². The molecule has 7 nitrogen and oxygen atoms in total. The maximum Gasteiger partial charge on any atom is 0.253 e. The zero-order chi connectivity index (χ0) is 24.6. The molecule has 3 heterocycles. The van der Waals surface area contributed by atoms with Crippen LogP contribution in [-0.2, 0) is 13.0 Å². The highest BCUT2D eigenvalue weighted by Gasteiger charge is 2.19. The smallest absolute Gasteiger partial charge is 0.253 e. The fraction of sp³-hybridized carbons (Fsp3) is 0.296. The first-order valence-corrected chi connectivity index (χ1v) is 11.5. The minimum Gasteiger partial charge on any atom is -0.348 e. The van der Waals surface area contributed by atoms with Gasteiger partial charge in [0.2, 0.25) is 5.56 Å². The molecule has 1 amide bonds. The third-order valence-electron chi connectivity index (χ3n) is 6.21. The summed E-state index contributed by atoms with van der Waals surface area (Å²) in [7, 11) is 0. The molecule has 0 saturated heterocycles. The van der Waals surface area contributed by atoms with Gasteiger partial charge in [0, 0.05) is 58.8 Å². The van der Waals surface area contributed by atoms with E-state index in [0.29, 0.717) is 17.5 Å². The van der Waals surface area contributed by atoms with Crippen molar-refractivity contribution in [3.8, 4) is 11.1 Å². The number of carbonyl (C=O) groups is 1. The third kappa shape index (κ3) is 4.33. The highest BCUT2D eigenvalue weighted by molar-refractivity contribution is 6.09. The minimum absolute atomic E-state index is 0.145. The SMILES string of the molecule is CCc1cc(C)[nH]c(=O)c1CNC(=O)c1cc(-c2ccc(=O)[nH]c2)cc2c1c(C)cn2C(C)C. The molecular formula is C27H30N4O3. The number of aromatic amines is 2. The molecule has 0 atom stereocenters. The van der Waals surface area contributed by atoms with Crippen LogP contribution in [0.1, 0.15) is 59.6 Å². The number of amides is 1. The van der Waals surface area contributed by atoms with Crippen LogP contribution in [0.3, 0.4) is 0 Å². The predicted octanol–water partition coefficient (Wildman–Crippen LogP) is 4.38. The normalized spacial score (nSPS) is 11.4. The van der Waals surface area contributed by atoms with Crippen LogP contribution in [0.2, 0.25) is 0 Å². The number of nitrogens with zero attached hydrogens (tertiary/aromatic N) is 1. The van der Waals surface area contributed by atoms with Crippen molar-refractivity contribution in [1.82, 2.24) is 19.9 Å². The molecule has 0 saturated carbocycles. The lowest BCUT2D eigenvalue weighted by molar-refractivity contribution is 0.0952. The van der Waals surface area contributed by atoms with E-state index in [0.717, 1.165) is 38.9 Å². The summed E-state index contributed by atoms with van der Waals surface area (Å²) < 4.78 is 2.15. The van der Waals surface area contributed by atoms with Gasteiger partial charge in [-0.25, -0.2) is 0 Å². The number of hydrogen-bond donors (Lipinski definition) is 3. The fourth-order valence-electron chi connectivity index (χ4n) is 4.51. The Labute approximate surface area is 197 Å². The van der Waals surface area contributed by atoms with Gasteiger partial charge in [0.15, 0.2) is 0 Å². The van der Waals surface area contributed by atoms with Crippen molar-refractivity contribution in [1.29, 1.82) is 0 Å². The Morgan fingerprint density at radius 3 is 2.50 bits per heavy atom. The Kier molecular flexibility index (Phi) is 6.28. The quantitative estimate of drug-likeness (QED) is 0.400. The van der Waals surface area contributed by atoms with Crippen LogP contribution in [0, 0.1) is 13.8 Å². The molecule has 34 heavy (non-hydrogen) atoms. The number of benzene rings is 1. The molecule has 0 radical (unpaired) electrons. The van der Waals surface area contributed by atoms with E-state index < -0.39 is 0 Å². The highest BCUT2D eigenvalue weighted by atomic mass is 16.2. The number of rotatable bonds is 6. The zero-order valence-electron chi connectivity index (χ0n) is 20.2. The van der Waals surface area contributed by atoms with Crippen LogP contribution < -0.4 is 16.4 Å². The standard InChI is InChI=1S/C27H30N4O3/c1-6-18-9-17(5)30-27(34)22(18)13-29-26(33)21-10-20(19-7-8-24(32)28-12-19)11-23-25(21)16(4)14-31(23)15(2)3/h7-12,14-15H,6,13H2,1-5H3,(H,28,32)(H,29,33)(H,30,34). The van der Waals surface area contributed by atoms with Crippen LogP contribution in [0.25, 0.3) is 22.0 Å². The Morgan fingerprint density at radius 2 is 1.85 bits per heavy atom. The molecule has 0 spiro atoms. The molecule has 0 fully saturated rings. The molecule has 3 aromatic heterocycles. The topological polar surface area (TPSA) is 99.8 Å². The van der Waals surface area contributed by atoms with Crippen LogP contribution in [0.4, 0.5) is 0 Å². The van der Waals surface area contributed by atoms with Crippen molar-refractivity contribution in [2.75, 3.05) is 0 Å². The van der Waals surface area contributed by atoms with Gasteiger partial charge in [0.25, 0.3) is 11.5 Å². The molecule has 0 unspecified atom stereocenters. The molecule has 0 aliphatic carbocycles. The third-order valence-corrected chi connectivity index (χ3v) is 6.21. The molecule has 0 bridgehead atoms. The molecular weight excluding hydrogens is 428 g/mol.